The van der Waals surface area contributed by atoms with E-state index in [9.17, 15) is 4.39 Å². The number of benzene rings is 1. The van der Waals surface area contributed by atoms with Crippen LogP contribution < -0.4 is 10.2 Å². The van der Waals surface area contributed by atoms with E-state index in [0.29, 0.717) is 16.9 Å². The zero-order chi connectivity index (χ0) is 9.84. The molecule has 0 aromatic heterocycles. The minimum atomic E-state index is -0.329. The zero-order valence-electron chi connectivity index (χ0n) is 7.60. The minimum Gasteiger partial charge on any atom is -0.496 e. The van der Waals surface area contributed by atoms with Crippen LogP contribution in [0.4, 0.5) is 4.39 Å². The van der Waals surface area contributed by atoms with Gasteiger partial charge < -0.3 is 9.94 Å². The number of ether oxygens (including phenoxy) is 1. The number of nitrogens with one attached hydrogen (secondary N) is 1. The van der Waals surface area contributed by atoms with Crippen LogP contribution in [0.3, 0.4) is 0 Å². The van der Waals surface area contributed by atoms with E-state index >= 15 is 0 Å². The van der Waals surface area contributed by atoms with Crippen molar-refractivity contribution in [1.29, 1.82) is 0 Å². The molecule has 0 atom stereocenters. The average molecular weight is 185 g/mol. The van der Waals surface area contributed by atoms with Gasteiger partial charge in [0, 0.05) is 12.1 Å². The van der Waals surface area contributed by atoms with Gasteiger partial charge in [-0.05, 0) is 24.6 Å². The smallest absolute Gasteiger partial charge is 0.130 e. The molecule has 0 aliphatic rings. The molecule has 0 amide bonds. The van der Waals surface area contributed by atoms with Crippen molar-refractivity contribution in [2.75, 3.05) is 7.11 Å². The van der Waals surface area contributed by atoms with Gasteiger partial charge in [-0.3, -0.25) is 0 Å². The summed E-state index contributed by atoms with van der Waals surface area (Å²) in [5, 5.41) is 8.43. The fourth-order valence-electron chi connectivity index (χ4n) is 1.11. The Labute approximate surface area is 76.1 Å². The topological polar surface area (TPSA) is 41.5 Å². The van der Waals surface area contributed by atoms with Crippen molar-refractivity contribution in [3.05, 3.63) is 29.1 Å². The summed E-state index contributed by atoms with van der Waals surface area (Å²) >= 11 is 0. The molecule has 0 spiro atoms. The van der Waals surface area contributed by atoms with Crippen LogP contribution in [0.5, 0.6) is 5.75 Å². The van der Waals surface area contributed by atoms with Crippen LogP contribution in [-0.2, 0) is 6.54 Å². The van der Waals surface area contributed by atoms with E-state index in [-0.39, 0.29) is 12.4 Å². The summed E-state index contributed by atoms with van der Waals surface area (Å²) in [5.74, 6) is 0.162. The lowest BCUT2D eigenvalue weighted by atomic mass is 10.1. The highest BCUT2D eigenvalue weighted by molar-refractivity contribution is 5.37. The predicted molar refractivity (Wildman–Crippen MR) is 46.3 cm³/mol. The van der Waals surface area contributed by atoms with Gasteiger partial charge in [-0.2, -0.15) is 0 Å². The third-order valence-corrected chi connectivity index (χ3v) is 1.86. The maximum atomic E-state index is 13.2. The summed E-state index contributed by atoms with van der Waals surface area (Å²) in [5.41, 5.74) is 3.08. The Morgan fingerprint density at radius 3 is 2.77 bits per heavy atom. The van der Waals surface area contributed by atoms with Crippen LogP contribution in [0, 0.1) is 12.7 Å². The van der Waals surface area contributed by atoms with Crippen LogP contribution in [-0.4, -0.2) is 12.3 Å². The highest BCUT2D eigenvalue weighted by Gasteiger charge is 2.06. The third kappa shape index (κ3) is 2.17. The van der Waals surface area contributed by atoms with Crippen molar-refractivity contribution in [3.63, 3.8) is 0 Å². The van der Waals surface area contributed by atoms with Crippen LogP contribution in [0.25, 0.3) is 0 Å². The lowest BCUT2D eigenvalue weighted by Crippen LogP contribution is -2.07. The van der Waals surface area contributed by atoms with Gasteiger partial charge in [0.2, 0.25) is 0 Å². The second kappa shape index (κ2) is 4.20. The molecule has 0 aliphatic heterocycles. The molecule has 0 saturated heterocycles. The first-order valence-electron chi connectivity index (χ1n) is 3.89. The van der Waals surface area contributed by atoms with Gasteiger partial charge in [-0.15, -0.1) is 0 Å². The molecular formula is C9H12FNO2. The maximum absolute atomic E-state index is 13.2. The van der Waals surface area contributed by atoms with E-state index in [1.807, 2.05) is 5.48 Å². The lowest BCUT2D eigenvalue weighted by Gasteiger charge is -2.08. The first-order chi connectivity index (χ1) is 6.19. The van der Waals surface area contributed by atoms with E-state index in [1.54, 1.807) is 13.0 Å². The Balaban J connectivity index is 3.06. The Hall–Kier alpha value is -1.13. The molecule has 0 fully saturated rings. The Morgan fingerprint density at radius 1 is 1.54 bits per heavy atom. The SMILES string of the molecule is COc1cc(CNO)cc(F)c1C. The van der Waals surface area contributed by atoms with Crippen molar-refractivity contribution >= 4 is 0 Å². The second-order valence-corrected chi connectivity index (χ2v) is 2.74. The maximum Gasteiger partial charge on any atom is 0.130 e. The predicted octanol–water partition coefficient (Wildman–Crippen LogP) is 1.62. The largest absolute Gasteiger partial charge is 0.496 e. The standard InChI is InChI=1S/C9H12FNO2/c1-6-8(10)3-7(5-11-12)4-9(6)13-2/h3-4,11-12H,5H2,1-2H3. The number of hydrogen-bond acceptors (Lipinski definition) is 3. The highest BCUT2D eigenvalue weighted by Crippen LogP contribution is 2.22. The zero-order valence-corrected chi connectivity index (χ0v) is 7.60. The number of halogens is 1. The molecule has 1 rings (SSSR count). The van der Waals surface area contributed by atoms with Crippen molar-refractivity contribution in [2.24, 2.45) is 0 Å². The first-order valence-corrected chi connectivity index (χ1v) is 3.89. The Kier molecular flexibility index (Phi) is 3.22. The quantitative estimate of drug-likeness (QED) is 0.703. The summed E-state index contributed by atoms with van der Waals surface area (Å²) < 4.78 is 18.1. The van der Waals surface area contributed by atoms with E-state index < -0.39 is 0 Å². The molecule has 0 heterocycles. The molecule has 4 heteroatoms. The van der Waals surface area contributed by atoms with Crippen LogP contribution in [0.1, 0.15) is 11.1 Å². The van der Waals surface area contributed by atoms with Gasteiger partial charge in [0.1, 0.15) is 11.6 Å². The average Bonchev–Trinajstić information content (AvgIpc) is 2.11. The molecule has 1 aromatic rings. The van der Waals surface area contributed by atoms with Gasteiger partial charge in [0.05, 0.1) is 7.11 Å². The number of hydrogen-bond donors (Lipinski definition) is 2. The molecule has 1 aromatic carbocycles. The molecule has 0 bridgehead atoms. The number of methoxy groups -OCH3 is 1. The molecule has 2 N–H and O–H groups in total. The van der Waals surface area contributed by atoms with E-state index in [4.69, 9.17) is 9.94 Å². The molecule has 72 valence electrons. The van der Waals surface area contributed by atoms with Gasteiger partial charge >= 0.3 is 0 Å². The van der Waals surface area contributed by atoms with Crippen molar-refractivity contribution in [1.82, 2.24) is 5.48 Å². The minimum absolute atomic E-state index is 0.202. The number of rotatable bonds is 3. The van der Waals surface area contributed by atoms with Crippen molar-refractivity contribution < 1.29 is 14.3 Å². The van der Waals surface area contributed by atoms with Gasteiger partial charge in [0.25, 0.3) is 0 Å². The van der Waals surface area contributed by atoms with Crippen LogP contribution in [0.15, 0.2) is 12.1 Å². The molecular weight excluding hydrogens is 173 g/mol. The van der Waals surface area contributed by atoms with E-state index in [2.05, 4.69) is 0 Å². The van der Waals surface area contributed by atoms with Crippen molar-refractivity contribution in [3.8, 4) is 5.75 Å². The van der Waals surface area contributed by atoms with Crippen LogP contribution >= 0.6 is 0 Å². The molecule has 0 saturated carbocycles. The summed E-state index contributed by atoms with van der Waals surface area (Å²) in [4.78, 5) is 0. The van der Waals surface area contributed by atoms with Gasteiger partial charge in [0.15, 0.2) is 0 Å². The summed E-state index contributed by atoms with van der Waals surface area (Å²) in [6, 6.07) is 3.04. The van der Waals surface area contributed by atoms with E-state index in [1.165, 1.54) is 13.2 Å². The van der Waals surface area contributed by atoms with Crippen LogP contribution in [0.2, 0.25) is 0 Å². The lowest BCUT2D eigenvalue weighted by molar-refractivity contribution is 0.161. The monoisotopic (exact) mass is 185 g/mol. The molecule has 0 unspecified atom stereocenters. The fraction of sp³-hybridized carbons (Fsp3) is 0.333. The molecule has 3 nitrogen and oxygen atoms in total. The Bertz CT molecular complexity index is 302. The normalized spacial score (nSPS) is 10.2. The Morgan fingerprint density at radius 2 is 2.23 bits per heavy atom. The second-order valence-electron chi connectivity index (χ2n) is 2.74. The number of hydroxylamine groups is 1. The fourth-order valence-corrected chi connectivity index (χ4v) is 1.11. The summed E-state index contributed by atoms with van der Waals surface area (Å²) in [6.45, 7) is 1.85. The highest BCUT2D eigenvalue weighted by atomic mass is 19.1. The van der Waals surface area contributed by atoms with Gasteiger partial charge in [-0.25, -0.2) is 9.87 Å². The third-order valence-electron chi connectivity index (χ3n) is 1.86. The molecule has 0 radical (unpaired) electrons. The summed E-state index contributed by atoms with van der Waals surface area (Å²) in [6.07, 6.45) is 0. The first kappa shape index (κ1) is 9.95. The van der Waals surface area contributed by atoms with Gasteiger partial charge in [-0.1, -0.05) is 0 Å². The van der Waals surface area contributed by atoms with Crippen molar-refractivity contribution in [2.45, 2.75) is 13.5 Å². The summed E-state index contributed by atoms with van der Waals surface area (Å²) in [7, 11) is 1.48. The molecule has 0 aliphatic carbocycles. The molecule has 13 heavy (non-hydrogen) atoms. The van der Waals surface area contributed by atoms with E-state index in [0.717, 1.165) is 0 Å².